The van der Waals surface area contributed by atoms with Crippen molar-refractivity contribution in [3.63, 3.8) is 0 Å². The van der Waals surface area contributed by atoms with Crippen molar-refractivity contribution in [2.45, 2.75) is 26.3 Å². The molecule has 0 saturated carbocycles. The van der Waals surface area contributed by atoms with Gasteiger partial charge in [-0.2, -0.15) is 0 Å². The molecule has 2 heterocycles. The van der Waals surface area contributed by atoms with Crippen LogP contribution in [-0.4, -0.2) is 35.7 Å². The lowest BCUT2D eigenvalue weighted by Crippen LogP contribution is -2.28. The van der Waals surface area contributed by atoms with Crippen LogP contribution in [0.2, 0.25) is 0 Å². The smallest absolute Gasteiger partial charge is 0.218 e. The minimum absolute atomic E-state index is 0.480. The summed E-state index contributed by atoms with van der Waals surface area (Å²) in [6, 6.07) is 2.38. The van der Waals surface area contributed by atoms with E-state index in [9.17, 15) is 0 Å². The Morgan fingerprint density at radius 3 is 3.00 bits per heavy atom. The second kappa shape index (κ2) is 5.31. The molecule has 94 valence electrons. The monoisotopic (exact) mass is 236 g/mol. The van der Waals surface area contributed by atoms with Gasteiger partial charge < -0.3 is 15.4 Å². The van der Waals surface area contributed by atoms with Crippen molar-refractivity contribution in [3.05, 3.63) is 12.4 Å². The maximum atomic E-state index is 5.73. The summed E-state index contributed by atoms with van der Waals surface area (Å²) >= 11 is 0. The number of anilines is 1. The van der Waals surface area contributed by atoms with E-state index >= 15 is 0 Å². The topological polar surface area (TPSA) is 64.3 Å². The molecule has 2 atom stereocenters. The van der Waals surface area contributed by atoms with Crippen LogP contribution >= 0.6 is 0 Å². The molecule has 0 aliphatic carbocycles. The Hall–Kier alpha value is -1.36. The SMILES string of the molecule is CCOc1cc(N2CC(CN)CC2C)ncn1. The van der Waals surface area contributed by atoms with Crippen molar-refractivity contribution in [1.82, 2.24) is 9.97 Å². The summed E-state index contributed by atoms with van der Waals surface area (Å²) in [6.07, 6.45) is 2.69. The van der Waals surface area contributed by atoms with Gasteiger partial charge in [0.1, 0.15) is 12.1 Å². The first kappa shape index (κ1) is 12.1. The van der Waals surface area contributed by atoms with Crippen LogP contribution in [0.3, 0.4) is 0 Å². The predicted molar refractivity (Wildman–Crippen MR) is 67.2 cm³/mol. The average molecular weight is 236 g/mol. The highest BCUT2D eigenvalue weighted by Crippen LogP contribution is 2.28. The fraction of sp³-hybridized carbons (Fsp3) is 0.667. The lowest BCUT2D eigenvalue weighted by atomic mass is 10.1. The Bertz CT molecular complexity index is 371. The van der Waals surface area contributed by atoms with Crippen molar-refractivity contribution in [3.8, 4) is 5.88 Å². The highest BCUT2D eigenvalue weighted by Gasteiger charge is 2.29. The van der Waals surface area contributed by atoms with E-state index in [0.29, 0.717) is 24.4 Å². The molecule has 0 aromatic carbocycles. The summed E-state index contributed by atoms with van der Waals surface area (Å²) < 4.78 is 5.39. The second-order valence-corrected chi connectivity index (χ2v) is 4.49. The van der Waals surface area contributed by atoms with E-state index in [-0.39, 0.29) is 0 Å². The fourth-order valence-corrected chi connectivity index (χ4v) is 2.35. The minimum atomic E-state index is 0.480. The van der Waals surface area contributed by atoms with Crippen LogP contribution in [0.5, 0.6) is 5.88 Å². The Morgan fingerprint density at radius 2 is 2.35 bits per heavy atom. The molecule has 0 amide bonds. The zero-order valence-corrected chi connectivity index (χ0v) is 10.5. The first-order chi connectivity index (χ1) is 8.24. The Morgan fingerprint density at radius 1 is 1.53 bits per heavy atom. The van der Waals surface area contributed by atoms with Crippen molar-refractivity contribution in [1.29, 1.82) is 0 Å². The lowest BCUT2D eigenvalue weighted by molar-refractivity contribution is 0.326. The van der Waals surface area contributed by atoms with E-state index in [4.69, 9.17) is 10.5 Å². The first-order valence-electron chi connectivity index (χ1n) is 6.16. The van der Waals surface area contributed by atoms with Gasteiger partial charge in [-0.25, -0.2) is 9.97 Å². The number of aromatic nitrogens is 2. The molecule has 2 rings (SSSR count). The fourth-order valence-electron chi connectivity index (χ4n) is 2.35. The van der Waals surface area contributed by atoms with Crippen LogP contribution < -0.4 is 15.4 Å². The van der Waals surface area contributed by atoms with Gasteiger partial charge in [0.2, 0.25) is 5.88 Å². The highest BCUT2D eigenvalue weighted by atomic mass is 16.5. The summed E-state index contributed by atoms with van der Waals surface area (Å²) in [7, 11) is 0. The van der Waals surface area contributed by atoms with Crippen LogP contribution in [0.1, 0.15) is 20.3 Å². The van der Waals surface area contributed by atoms with E-state index in [1.54, 1.807) is 6.33 Å². The van der Waals surface area contributed by atoms with Gasteiger partial charge in [-0.1, -0.05) is 0 Å². The third-order valence-corrected chi connectivity index (χ3v) is 3.21. The van der Waals surface area contributed by atoms with E-state index in [0.717, 1.165) is 25.3 Å². The summed E-state index contributed by atoms with van der Waals surface area (Å²) in [5.74, 6) is 2.14. The number of hydrogen-bond acceptors (Lipinski definition) is 5. The molecule has 1 aliphatic rings. The van der Waals surface area contributed by atoms with E-state index < -0.39 is 0 Å². The van der Waals surface area contributed by atoms with Gasteiger partial charge in [0, 0.05) is 18.7 Å². The van der Waals surface area contributed by atoms with Crippen molar-refractivity contribution in [2.75, 3.05) is 24.6 Å². The Kier molecular flexibility index (Phi) is 3.78. The summed E-state index contributed by atoms with van der Waals surface area (Å²) in [6.45, 7) is 6.49. The second-order valence-electron chi connectivity index (χ2n) is 4.49. The summed E-state index contributed by atoms with van der Waals surface area (Å²) in [5.41, 5.74) is 5.73. The van der Waals surface area contributed by atoms with Crippen LogP contribution in [0.4, 0.5) is 5.82 Å². The molecule has 1 aliphatic heterocycles. The molecular weight excluding hydrogens is 216 g/mol. The predicted octanol–water partition coefficient (Wildman–Crippen LogP) is 1.05. The summed E-state index contributed by atoms with van der Waals surface area (Å²) in [4.78, 5) is 10.7. The molecule has 5 heteroatoms. The number of nitrogens with zero attached hydrogens (tertiary/aromatic N) is 3. The number of hydrogen-bond donors (Lipinski definition) is 1. The molecule has 1 fully saturated rings. The van der Waals surface area contributed by atoms with E-state index in [2.05, 4.69) is 21.8 Å². The van der Waals surface area contributed by atoms with Crippen LogP contribution in [-0.2, 0) is 0 Å². The van der Waals surface area contributed by atoms with Gasteiger partial charge in [-0.15, -0.1) is 0 Å². The summed E-state index contributed by atoms with van der Waals surface area (Å²) in [5, 5.41) is 0. The van der Waals surface area contributed by atoms with Gasteiger partial charge >= 0.3 is 0 Å². The third kappa shape index (κ3) is 2.66. The molecule has 17 heavy (non-hydrogen) atoms. The maximum Gasteiger partial charge on any atom is 0.218 e. The zero-order valence-electron chi connectivity index (χ0n) is 10.5. The molecule has 1 aromatic heterocycles. The van der Waals surface area contributed by atoms with Gasteiger partial charge in [-0.3, -0.25) is 0 Å². The average Bonchev–Trinajstić information content (AvgIpc) is 2.71. The molecule has 0 radical (unpaired) electrons. The molecule has 2 unspecified atom stereocenters. The van der Waals surface area contributed by atoms with Gasteiger partial charge in [0.25, 0.3) is 0 Å². The molecule has 0 bridgehead atoms. The van der Waals surface area contributed by atoms with Gasteiger partial charge in [-0.05, 0) is 32.7 Å². The maximum absolute atomic E-state index is 5.73. The van der Waals surface area contributed by atoms with Crippen molar-refractivity contribution >= 4 is 5.82 Å². The van der Waals surface area contributed by atoms with E-state index in [1.165, 1.54) is 0 Å². The first-order valence-corrected chi connectivity index (χ1v) is 6.16. The zero-order chi connectivity index (χ0) is 12.3. The highest BCUT2D eigenvalue weighted by molar-refractivity contribution is 5.43. The molecular formula is C12H20N4O. The number of ether oxygens (including phenoxy) is 1. The van der Waals surface area contributed by atoms with Gasteiger partial charge in [0.15, 0.2) is 0 Å². The van der Waals surface area contributed by atoms with Crippen molar-refractivity contribution in [2.24, 2.45) is 11.7 Å². The van der Waals surface area contributed by atoms with Gasteiger partial charge in [0.05, 0.1) is 6.61 Å². The molecule has 0 spiro atoms. The number of rotatable bonds is 4. The molecule has 1 aromatic rings. The molecule has 5 nitrogen and oxygen atoms in total. The van der Waals surface area contributed by atoms with Crippen LogP contribution in [0.25, 0.3) is 0 Å². The standard InChI is InChI=1S/C12H20N4O/c1-3-17-12-5-11(14-8-15-12)16-7-10(6-13)4-9(16)2/h5,8-10H,3-4,6-7,13H2,1-2H3. The van der Waals surface area contributed by atoms with Crippen molar-refractivity contribution < 1.29 is 4.74 Å². The molecule has 1 saturated heterocycles. The van der Waals surface area contributed by atoms with E-state index in [1.807, 2.05) is 13.0 Å². The lowest BCUT2D eigenvalue weighted by Gasteiger charge is -2.22. The third-order valence-electron chi connectivity index (χ3n) is 3.21. The quantitative estimate of drug-likeness (QED) is 0.846. The normalized spacial score (nSPS) is 24.1. The Balaban J connectivity index is 2.13. The van der Waals surface area contributed by atoms with Crippen LogP contribution in [0.15, 0.2) is 12.4 Å². The molecule has 2 N–H and O–H groups in total. The number of nitrogens with two attached hydrogens (primary N) is 1. The Labute approximate surface area is 102 Å². The minimum Gasteiger partial charge on any atom is -0.478 e. The largest absolute Gasteiger partial charge is 0.478 e. The van der Waals surface area contributed by atoms with Crippen LogP contribution in [0, 0.1) is 5.92 Å².